The normalized spacial score (nSPS) is 17.2. The van der Waals surface area contributed by atoms with E-state index in [1.165, 1.54) is 0 Å². The zero-order valence-electron chi connectivity index (χ0n) is 17.2. The highest BCUT2D eigenvalue weighted by Gasteiger charge is 2.29. The first-order valence-corrected chi connectivity index (χ1v) is 12.4. The molecule has 0 saturated carbocycles. The molecule has 1 atom stereocenters. The maximum atomic E-state index is 13.0. The summed E-state index contributed by atoms with van der Waals surface area (Å²) in [6, 6.07) is 0.826. The van der Waals surface area contributed by atoms with Gasteiger partial charge in [0.05, 0.1) is 11.3 Å². The van der Waals surface area contributed by atoms with E-state index >= 15 is 0 Å². The van der Waals surface area contributed by atoms with Crippen LogP contribution in [0.3, 0.4) is 0 Å². The molecule has 0 saturated heterocycles. The molecule has 4 N–H and O–H groups in total. The molecule has 0 spiro atoms. The van der Waals surface area contributed by atoms with E-state index in [2.05, 4.69) is 21.4 Å². The molecule has 160 valence electrons. The average molecular weight is 447 g/mol. The van der Waals surface area contributed by atoms with Crippen LogP contribution in [0.15, 0.2) is 25.0 Å². The van der Waals surface area contributed by atoms with Crippen LogP contribution in [0.25, 0.3) is 0 Å². The van der Waals surface area contributed by atoms with Crippen molar-refractivity contribution in [3.8, 4) is 0 Å². The van der Waals surface area contributed by atoms with Crippen LogP contribution in [0.2, 0.25) is 0 Å². The van der Waals surface area contributed by atoms with Gasteiger partial charge in [0.25, 0.3) is 0 Å². The number of hydrogen-bond acceptors (Lipinski definition) is 5. The Labute approximate surface area is 180 Å². The average Bonchev–Trinajstić information content (AvgIpc) is 3.40. The van der Waals surface area contributed by atoms with E-state index in [9.17, 15) is 14.1 Å². The molecule has 0 bridgehead atoms. The molecule has 2 aliphatic carbocycles. The number of urea groups is 1. The molecule has 0 radical (unpaired) electrons. The van der Waals surface area contributed by atoms with Crippen molar-refractivity contribution in [2.75, 3.05) is 5.32 Å². The molecule has 1 unspecified atom stereocenters. The van der Waals surface area contributed by atoms with Crippen LogP contribution in [-0.4, -0.2) is 22.1 Å². The predicted molar refractivity (Wildman–Crippen MR) is 121 cm³/mol. The number of nitrogens with one attached hydrogen (secondary N) is 1. The minimum absolute atomic E-state index is 0.261. The number of aliphatic imine (C=N–C) groups is 1. The van der Waals surface area contributed by atoms with Crippen LogP contribution >= 0.6 is 11.3 Å². The fourth-order valence-electron chi connectivity index (χ4n) is 4.36. The number of rotatable bonds is 4. The number of nitrogens with zero attached hydrogens (tertiary/aromatic N) is 2. The number of benzene rings is 1. The molecule has 0 aliphatic heterocycles. The van der Waals surface area contributed by atoms with Crippen molar-refractivity contribution in [3.05, 3.63) is 39.3 Å². The number of carbonyl (C=O) groups is 1. The van der Waals surface area contributed by atoms with E-state index < -0.39 is 21.5 Å². The third kappa shape index (κ3) is 3.71. The lowest BCUT2D eigenvalue weighted by atomic mass is 9.96. The van der Waals surface area contributed by atoms with E-state index in [1.54, 1.807) is 25.3 Å². The molecule has 9 heteroatoms. The number of hydrogen-bond donors (Lipinski definition) is 3. The van der Waals surface area contributed by atoms with Crippen LogP contribution in [0.5, 0.6) is 0 Å². The largest absolute Gasteiger partial charge is 0.386 e. The van der Waals surface area contributed by atoms with Crippen LogP contribution in [-0.2, 0) is 41.2 Å². The van der Waals surface area contributed by atoms with E-state index in [4.69, 9.17) is 5.14 Å². The summed E-state index contributed by atoms with van der Waals surface area (Å²) in [7, 11) is -3.42. The summed E-state index contributed by atoms with van der Waals surface area (Å²) in [4.78, 5) is 17.0. The summed E-state index contributed by atoms with van der Waals surface area (Å²) in [6.07, 6.45) is 5.56. The van der Waals surface area contributed by atoms with Gasteiger partial charge in [-0.05, 0) is 98.4 Å². The number of aliphatic hydroxyl groups is 1. The zero-order chi connectivity index (χ0) is 21.7. The van der Waals surface area contributed by atoms with Gasteiger partial charge in [0.1, 0.15) is 4.21 Å². The third-order valence-corrected chi connectivity index (χ3v) is 8.65. The van der Waals surface area contributed by atoms with Gasteiger partial charge in [-0.25, -0.2) is 14.1 Å². The Balaban J connectivity index is 1.69. The third-order valence-electron chi connectivity index (χ3n) is 5.79. The van der Waals surface area contributed by atoms with E-state index in [-0.39, 0.29) is 4.21 Å². The highest BCUT2D eigenvalue weighted by Crippen LogP contribution is 2.45. The molecule has 4 rings (SSSR count). The second-order valence-electron chi connectivity index (χ2n) is 8.31. The maximum absolute atomic E-state index is 13.0. The fourth-order valence-corrected chi connectivity index (χ4v) is 6.64. The van der Waals surface area contributed by atoms with Gasteiger partial charge in [-0.2, -0.15) is 0 Å². The SMILES string of the molecule is C=Nc1c2c(c(NC(=O)N=S(N)(=O)c3cc(C(C)(C)O)cs3)c3c1CCC3)CCC2. The van der Waals surface area contributed by atoms with Gasteiger partial charge in [0, 0.05) is 5.69 Å². The summed E-state index contributed by atoms with van der Waals surface area (Å²) in [5.41, 5.74) is 5.75. The predicted octanol–water partition coefficient (Wildman–Crippen LogP) is 4.22. The van der Waals surface area contributed by atoms with E-state index in [0.29, 0.717) is 5.56 Å². The summed E-state index contributed by atoms with van der Waals surface area (Å²) in [5.74, 6) is 0. The van der Waals surface area contributed by atoms with E-state index in [1.807, 2.05) is 0 Å². The highest BCUT2D eigenvalue weighted by atomic mass is 32.2. The summed E-state index contributed by atoms with van der Waals surface area (Å²) in [6.45, 7) is 7.01. The molecular weight excluding hydrogens is 420 g/mol. The number of thiophene rings is 1. The molecular formula is C21H26N4O3S2. The molecule has 7 nitrogen and oxygen atoms in total. The minimum Gasteiger partial charge on any atom is -0.386 e. The number of nitrogens with two attached hydrogens (primary N) is 1. The number of amides is 2. The Kier molecular flexibility index (Phi) is 5.34. The first-order valence-electron chi connectivity index (χ1n) is 9.95. The minimum atomic E-state index is -3.42. The van der Waals surface area contributed by atoms with Crippen molar-refractivity contribution in [1.29, 1.82) is 0 Å². The molecule has 1 heterocycles. The molecule has 0 fully saturated rings. The second kappa shape index (κ2) is 7.56. The molecule has 1 aromatic carbocycles. The van der Waals surface area contributed by atoms with Gasteiger partial charge < -0.3 is 10.4 Å². The topological polar surface area (TPSA) is 117 Å². The lowest BCUT2D eigenvalue weighted by Crippen LogP contribution is -2.18. The number of fused-ring (bicyclic) bond motifs is 2. The standard InChI is InChI=1S/C21H26N4O3S2/c1-21(2,27)12-10-17(29-11-12)30(22,28)25-20(26)24-19-15-8-4-6-13(15)18(23-3)14-7-5-9-16(14)19/h10-11,27H,3-9H2,1-2H3,(H3,22,24,25,26,28). The van der Waals surface area contributed by atoms with Crippen LogP contribution in [0.1, 0.15) is 54.5 Å². The Hall–Kier alpha value is -2.07. The molecule has 2 amide bonds. The van der Waals surface area contributed by atoms with Gasteiger partial charge in [-0.3, -0.25) is 4.99 Å². The van der Waals surface area contributed by atoms with Crippen molar-refractivity contribution in [3.63, 3.8) is 0 Å². The number of carbonyl (C=O) groups excluding carboxylic acids is 1. The van der Waals surface area contributed by atoms with Gasteiger partial charge in [-0.1, -0.05) is 0 Å². The van der Waals surface area contributed by atoms with Crippen molar-refractivity contribution in [1.82, 2.24) is 0 Å². The maximum Gasteiger partial charge on any atom is 0.354 e. The molecule has 1 aromatic heterocycles. The van der Waals surface area contributed by atoms with Gasteiger partial charge in [0.2, 0.25) is 0 Å². The molecule has 2 aromatic rings. The molecule has 2 aliphatic rings. The Morgan fingerprint density at radius 2 is 1.77 bits per heavy atom. The monoisotopic (exact) mass is 446 g/mol. The first kappa shape index (κ1) is 21.2. The van der Waals surface area contributed by atoms with Crippen molar-refractivity contribution in [2.24, 2.45) is 14.5 Å². The van der Waals surface area contributed by atoms with Crippen molar-refractivity contribution in [2.45, 2.75) is 62.2 Å². The Morgan fingerprint density at radius 3 is 2.27 bits per heavy atom. The van der Waals surface area contributed by atoms with Gasteiger partial charge in [-0.15, -0.1) is 15.7 Å². The number of anilines is 1. The Bertz CT molecular complexity index is 1130. The highest BCUT2D eigenvalue weighted by molar-refractivity contribution is 7.93. The second-order valence-corrected chi connectivity index (χ2v) is 11.2. The molecule has 30 heavy (non-hydrogen) atoms. The van der Waals surface area contributed by atoms with Gasteiger partial charge in [0.15, 0.2) is 9.92 Å². The quantitative estimate of drug-likeness (QED) is 0.610. The van der Waals surface area contributed by atoms with Crippen molar-refractivity contribution >= 4 is 45.4 Å². The van der Waals surface area contributed by atoms with E-state index in [0.717, 1.165) is 83.5 Å². The lowest BCUT2D eigenvalue weighted by molar-refractivity contribution is 0.0789. The Morgan fingerprint density at radius 1 is 1.20 bits per heavy atom. The zero-order valence-corrected chi connectivity index (χ0v) is 18.8. The summed E-state index contributed by atoms with van der Waals surface area (Å²) in [5, 5.41) is 20.6. The smallest absolute Gasteiger partial charge is 0.354 e. The van der Waals surface area contributed by atoms with Crippen LogP contribution < -0.4 is 10.5 Å². The lowest BCUT2D eigenvalue weighted by Gasteiger charge is -2.17. The van der Waals surface area contributed by atoms with Gasteiger partial charge >= 0.3 is 6.03 Å². The summed E-state index contributed by atoms with van der Waals surface area (Å²) < 4.78 is 17.0. The first-order chi connectivity index (χ1) is 14.1. The fraction of sp³-hybridized carbons (Fsp3) is 0.429. The summed E-state index contributed by atoms with van der Waals surface area (Å²) >= 11 is 1.12. The van der Waals surface area contributed by atoms with Crippen LogP contribution in [0, 0.1) is 0 Å². The van der Waals surface area contributed by atoms with Crippen LogP contribution in [0.4, 0.5) is 16.2 Å². The van der Waals surface area contributed by atoms with Crippen molar-refractivity contribution < 1.29 is 14.1 Å².